The van der Waals surface area contributed by atoms with E-state index in [1.165, 1.54) is 6.20 Å². The molecule has 3 saturated carbocycles. The van der Waals surface area contributed by atoms with Crippen molar-refractivity contribution in [2.45, 2.75) is 81.0 Å². The topological polar surface area (TPSA) is 42.4 Å². The Bertz CT molecular complexity index is 1700. The van der Waals surface area contributed by atoms with Gasteiger partial charge in [-0.25, -0.2) is 0 Å². The van der Waals surface area contributed by atoms with Crippen LogP contribution in [0.4, 0.5) is 40.8 Å². The molecule has 0 N–H and O–H groups in total. The number of benzene rings is 2. The number of rotatable bonds is 8. The Labute approximate surface area is 253 Å². The average molecular weight is 639 g/mol. The molecule has 2 aromatic carbocycles. The number of anilines is 1. The highest BCUT2D eigenvalue weighted by Gasteiger charge is 2.66. The summed E-state index contributed by atoms with van der Waals surface area (Å²) in [5, 5.41) is 0.585. The molecule has 45 heavy (non-hydrogen) atoms. The number of amides is 1. The van der Waals surface area contributed by atoms with Gasteiger partial charge in [0, 0.05) is 17.3 Å². The fraction of sp³-hybridized carbons (Fsp3) is 0.515. The first-order valence-corrected chi connectivity index (χ1v) is 15.1. The molecule has 4 aliphatic rings. The van der Waals surface area contributed by atoms with Crippen LogP contribution in [0.5, 0.6) is 5.75 Å². The van der Waals surface area contributed by atoms with Crippen LogP contribution in [0.15, 0.2) is 42.6 Å². The predicted octanol–water partition coefficient (Wildman–Crippen LogP) is 8.78. The van der Waals surface area contributed by atoms with Gasteiger partial charge in [-0.15, -0.1) is 0 Å². The van der Waals surface area contributed by atoms with Crippen LogP contribution in [0.2, 0.25) is 0 Å². The van der Waals surface area contributed by atoms with Crippen molar-refractivity contribution in [3.8, 4) is 5.75 Å². The van der Waals surface area contributed by atoms with Gasteiger partial charge in [0.15, 0.2) is 6.61 Å². The highest BCUT2D eigenvalue weighted by Crippen LogP contribution is 2.68. The minimum Gasteiger partial charge on any atom is -0.482 e. The number of halogens is 8. The molecule has 1 aliphatic heterocycles. The maximum Gasteiger partial charge on any atom is 0.455 e. The lowest BCUT2D eigenvalue weighted by atomic mass is 9.86. The van der Waals surface area contributed by atoms with Crippen LogP contribution in [0.25, 0.3) is 10.9 Å². The van der Waals surface area contributed by atoms with E-state index in [9.17, 15) is 39.9 Å². The second kappa shape index (κ2) is 9.78. The van der Waals surface area contributed by atoms with Crippen LogP contribution in [0.3, 0.4) is 0 Å². The van der Waals surface area contributed by atoms with Gasteiger partial charge < -0.3 is 9.64 Å². The molecule has 3 fully saturated rings. The maximum atomic E-state index is 14.4. The van der Waals surface area contributed by atoms with Gasteiger partial charge in [-0.1, -0.05) is 32.4 Å². The van der Waals surface area contributed by atoms with Gasteiger partial charge >= 0.3 is 18.3 Å². The van der Waals surface area contributed by atoms with Gasteiger partial charge in [-0.3, -0.25) is 9.78 Å². The highest BCUT2D eigenvalue weighted by atomic mass is 19.4. The largest absolute Gasteiger partial charge is 0.482 e. The lowest BCUT2D eigenvalue weighted by Gasteiger charge is -2.26. The quantitative estimate of drug-likeness (QED) is 0.232. The van der Waals surface area contributed by atoms with Crippen molar-refractivity contribution in [1.29, 1.82) is 0 Å². The molecule has 3 aliphatic carbocycles. The number of aromatic nitrogens is 1. The Morgan fingerprint density at radius 2 is 1.73 bits per heavy atom. The Hall–Kier alpha value is -3.44. The van der Waals surface area contributed by atoms with E-state index in [2.05, 4.69) is 4.98 Å². The van der Waals surface area contributed by atoms with E-state index >= 15 is 0 Å². The molecular weight excluding hydrogens is 608 g/mol. The maximum absolute atomic E-state index is 14.4. The zero-order chi connectivity index (χ0) is 32.3. The summed E-state index contributed by atoms with van der Waals surface area (Å²) in [4.78, 5) is 18.5. The molecule has 7 rings (SSSR count). The number of pyridine rings is 1. The van der Waals surface area contributed by atoms with Crippen LogP contribution < -0.4 is 9.64 Å². The van der Waals surface area contributed by atoms with Gasteiger partial charge in [0.05, 0.1) is 12.0 Å². The molecule has 0 radical (unpaired) electrons. The van der Waals surface area contributed by atoms with E-state index in [1.807, 2.05) is 26.0 Å². The van der Waals surface area contributed by atoms with E-state index in [4.69, 9.17) is 4.74 Å². The normalized spacial score (nSPS) is 26.8. The molecule has 1 aromatic heterocycles. The number of carbonyl (C=O) groups is 1. The summed E-state index contributed by atoms with van der Waals surface area (Å²) in [6.07, 6.45) is -6.48. The molecule has 5 atom stereocenters. The Morgan fingerprint density at radius 3 is 2.36 bits per heavy atom. The average Bonchev–Trinajstić information content (AvgIpc) is 3.87. The minimum absolute atomic E-state index is 0.0181. The Morgan fingerprint density at radius 1 is 1.00 bits per heavy atom. The molecule has 12 heteroatoms. The van der Waals surface area contributed by atoms with Crippen molar-refractivity contribution in [1.82, 2.24) is 4.98 Å². The number of hydrogen-bond donors (Lipinski definition) is 0. The molecule has 3 aromatic rings. The zero-order valence-corrected chi connectivity index (χ0v) is 24.4. The third kappa shape index (κ3) is 4.93. The summed E-state index contributed by atoms with van der Waals surface area (Å²) in [6, 6.07) is 10.4. The van der Waals surface area contributed by atoms with Crippen molar-refractivity contribution in [2.24, 2.45) is 11.8 Å². The zero-order valence-electron chi connectivity index (χ0n) is 24.4. The van der Waals surface area contributed by atoms with Crippen molar-refractivity contribution in [3.05, 3.63) is 64.8 Å². The van der Waals surface area contributed by atoms with E-state index < -0.39 is 42.7 Å². The predicted molar refractivity (Wildman–Crippen MR) is 150 cm³/mol. The number of hydrogen-bond acceptors (Lipinski definition) is 3. The first-order chi connectivity index (χ1) is 21.1. The molecule has 1 unspecified atom stereocenters. The second-order valence-electron chi connectivity index (χ2n) is 13.1. The van der Waals surface area contributed by atoms with Crippen molar-refractivity contribution < 1.29 is 44.7 Å². The first kappa shape index (κ1) is 30.2. The molecule has 240 valence electrons. The van der Waals surface area contributed by atoms with Crippen molar-refractivity contribution in [2.75, 3.05) is 18.1 Å². The van der Waals surface area contributed by atoms with Gasteiger partial charge in [0.1, 0.15) is 11.3 Å². The summed E-state index contributed by atoms with van der Waals surface area (Å²) in [7, 11) is 0. The lowest BCUT2D eigenvalue weighted by molar-refractivity contribution is -0.276. The lowest BCUT2D eigenvalue weighted by Crippen LogP contribution is -2.49. The molecule has 0 bridgehead atoms. The number of fused-ring (bicyclic) bond motifs is 3. The Kier molecular flexibility index (Phi) is 6.57. The van der Waals surface area contributed by atoms with E-state index in [0.29, 0.717) is 40.2 Å². The second-order valence-corrected chi connectivity index (χ2v) is 13.1. The van der Waals surface area contributed by atoms with Gasteiger partial charge in [-0.2, -0.15) is 35.1 Å². The van der Waals surface area contributed by atoms with Crippen LogP contribution in [0.1, 0.15) is 79.5 Å². The molecule has 1 spiro atoms. The van der Waals surface area contributed by atoms with Crippen molar-refractivity contribution >= 4 is 22.5 Å². The van der Waals surface area contributed by atoms with Gasteiger partial charge in [-0.05, 0) is 95.4 Å². The number of alkyl halides is 8. The van der Waals surface area contributed by atoms with E-state index in [1.54, 1.807) is 24.3 Å². The summed E-state index contributed by atoms with van der Waals surface area (Å²) < 4.78 is 113. The van der Waals surface area contributed by atoms with Gasteiger partial charge in [0.2, 0.25) is 5.91 Å². The first-order valence-electron chi connectivity index (χ1n) is 15.1. The summed E-state index contributed by atoms with van der Waals surface area (Å²) in [5.74, 6) is -5.87. The molecule has 0 saturated heterocycles. The van der Waals surface area contributed by atoms with E-state index in [0.717, 1.165) is 24.0 Å². The SMILES string of the molecule is CC[C@H]1C[C@@H]1c1cc(C2[C@H](C)[C@H]2c2cc(OCC(F)(F)F)c3ncccc3c2)c2c(c1)N(CC(F)(F)C(F)(F)F)C(=O)C21CC1. The standard InChI is InChI=1S/C33H30F8N2O2/c1-3-17-10-21(17)19-11-22(27-23(12-19)43(29(44)30(27)6-7-30)14-31(34,35)33(39,40)41)26-16(2)25(26)20-9-18-5-4-8-42-28(18)24(13-20)45-15-32(36,37)38/h4-5,8-9,11-13,16-17,21,25-26H,3,6-7,10,14-15H2,1-2H3/t16-,17+,21+,25+,26?/m1/s1. The summed E-state index contributed by atoms with van der Waals surface area (Å²) in [5.41, 5.74) is 2.08. The number of carbonyl (C=O) groups excluding carboxylic acids is 1. The van der Waals surface area contributed by atoms with Gasteiger partial charge in [0.25, 0.3) is 0 Å². The summed E-state index contributed by atoms with van der Waals surface area (Å²) >= 11 is 0. The molecular formula is C33H30F8N2O2. The number of ether oxygens (including phenoxy) is 1. The third-order valence-corrected chi connectivity index (χ3v) is 10.2. The van der Waals surface area contributed by atoms with E-state index in [-0.39, 0.29) is 40.6 Å². The fourth-order valence-electron chi connectivity index (χ4n) is 7.59. The fourth-order valence-corrected chi connectivity index (χ4v) is 7.59. The smallest absolute Gasteiger partial charge is 0.455 e. The molecule has 2 heterocycles. The number of nitrogens with zero attached hydrogens (tertiary/aromatic N) is 2. The monoisotopic (exact) mass is 638 g/mol. The molecule has 4 nitrogen and oxygen atoms in total. The van der Waals surface area contributed by atoms with Crippen LogP contribution in [0, 0.1) is 11.8 Å². The minimum atomic E-state index is -5.82. The van der Waals surface area contributed by atoms with Crippen LogP contribution in [-0.2, 0) is 10.2 Å². The van der Waals surface area contributed by atoms with Crippen molar-refractivity contribution in [3.63, 3.8) is 0 Å². The van der Waals surface area contributed by atoms with Crippen LogP contribution in [-0.4, -0.2) is 42.3 Å². The van der Waals surface area contributed by atoms with Crippen LogP contribution >= 0.6 is 0 Å². The summed E-state index contributed by atoms with van der Waals surface area (Å²) in [6.45, 7) is 0.722. The third-order valence-electron chi connectivity index (χ3n) is 10.2. The highest BCUT2D eigenvalue weighted by molar-refractivity contribution is 6.11. The Balaban J connectivity index is 1.32. The molecule has 1 amide bonds.